The number of amides is 1. The number of aromatic nitrogens is 3. The summed E-state index contributed by atoms with van der Waals surface area (Å²) in [5, 5.41) is 15.2. The van der Waals surface area contributed by atoms with Crippen molar-refractivity contribution in [3.8, 4) is 0 Å². The minimum Gasteiger partial charge on any atom is -0.378 e. The molecule has 1 aromatic heterocycles. The van der Waals surface area contributed by atoms with Crippen LogP contribution in [0.3, 0.4) is 0 Å². The molecule has 0 aliphatic heterocycles. The van der Waals surface area contributed by atoms with Gasteiger partial charge >= 0.3 is 0 Å². The average molecular weight is 410 g/mol. The summed E-state index contributed by atoms with van der Waals surface area (Å²) < 4.78 is 1.88. The summed E-state index contributed by atoms with van der Waals surface area (Å²) in [6, 6.07) is 15.0. The normalized spacial score (nSPS) is 10.6. The van der Waals surface area contributed by atoms with Crippen LogP contribution in [0.5, 0.6) is 0 Å². The molecule has 1 heterocycles. The van der Waals surface area contributed by atoms with E-state index >= 15 is 0 Å². The molecule has 3 aromatic rings. The van der Waals surface area contributed by atoms with Crippen molar-refractivity contribution >= 4 is 34.8 Å². The van der Waals surface area contributed by atoms with Gasteiger partial charge in [0.1, 0.15) is 0 Å². The van der Waals surface area contributed by atoms with Gasteiger partial charge in [0.25, 0.3) is 0 Å². The highest BCUT2D eigenvalue weighted by molar-refractivity contribution is 7.99. The van der Waals surface area contributed by atoms with Crippen LogP contribution in [-0.4, -0.2) is 32.2 Å². The van der Waals surface area contributed by atoms with Crippen molar-refractivity contribution in [3.63, 3.8) is 0 Å². The summed E-state index contributed by atoms with van der Waals surface area (Å²) in [7, 11) is 1.88. The van der Waals surface area contributed by atoms with Gasteiger partial charge in [-0.1, -0.05) is 29.5 Å². The van der Waals surface area contributed by atoms with Crippen molar-refractivity contribution in [2.75, 3.05) is 16.4 Å². The van der Waals surface area contributed by atoms with Crippen LogP contribution in [-0.2, 0) is 18.4 Å². The summed E-state index contributed by atoms with van der Waals surface area (Å²) in [6.45, 7) is 4.10. The highest BCUT2D eigenvalue weighted by Gasteiger charge is 2.12. The fourth-order valence-corrected chi connectivity index (χ4v) is 3.32. The zero-order valence-electron chi connectivity index (χ0n) is 16.6. The number of hydrogen-bond acceptors (Lipinski definition) is 6. The zero-order valence-corrected chi connectivity index (χ0v) is 17.4. The third-order valence-electron chi connectivity index (χ3n) is 4.33. The second-order valence-electron chi connectivity index (χ2n) is 6.65. The number of rotatable bonds is 8. The maximum Gasteiger partial charge on any atom is 0.234 e. The van der Waals surface area contributed by atoms with E-state index in [2.05, 4.69) is 20.8 Å². The van der Waals surface area contributed by atoms with Gasteiger partial charge < -0.3 is 15.2 Å². The quantitative estimate of drug-likeness (QED) is 0.436. The van der Waals surface area contributed by atoms with Crippen molar-refractivity contribution in [3.05, 3.63) is 65.5 Å². The highest BCUT2D eigenvalue weighted by atomic mass is 32.2. The molecule has 0 aliphatic rings. The van der Waals surface area contributed by atoms with Gasteiger partial charge in [-0.3, -0.25) is 9.59 Å². The van der Waals surface area contributed by atoms with E-state index in [-0.39, 0.29) is 17.4 Å². The van der Waals surface area contributed by atoms with Crippen molar-refractivity contribution in [2.24, 2.45) is 7.05 Å². The smallest absolute Gasteiger partial charge is 0.234 e. The van der Waals surface area contributed by atoms with Gasteiger partial charge in [-0.15, -0.1) is 10.2 Å². The Balaban J connectivity index is 1.50. The number of aryl methyl sites for hydroxylation is 1. The Hall–Kier alpha value is -3.13. The second kappa shape index (κ2) is 9.38. The van der Waals surface area contributed by atoms with Crippen LogP contribution in [0.25, 0.3) is 0 Å². The third kappa shape index (κ3) is 5.68. The Morgan fingerprint density at radius 1 is 1.00 bits per heavy atom. The van der Waals surface area contributed by atoms with Crippen LogP contribution in [0.1, 0.15) is 28.7 Å². The lowest BCUT2D eigenvalue weighted by molar-refractivity contribution is -0.113. The average Bonchev–Trinajstić information content (AvgIpc) is 3.06. The van der Waals surface area contributed by atoms with Crippen molar-refractivity contribution in [2.45, 2.75) is 25.5 Å². The largest absolute Gasteiger partial charge is 0.378 e. The molecule has 0 saturated heterocycles. The molecular formula is C21H23N5O2S. The van der Waals surface area contributed by atoms with Gasteiger partial charge in [-0.05, 0) is 50.2 Å². The number of thioether (sulfide) groups is 1. The standard InChI is InChI=1S/C21H23N5O2S/c1-14-4-8-17(9-5-14)22-12-19-24-25-21(26(19)3)29-13-20(28)23-18-10-6-16(7-11-18)15(2)27/h4-11,22H,12-13H2,1-3H3,(H,23,28). The number of hydrogen-bond donors (Lipinski definition) is 2. The summed E-state index contributed by atoms with van der Waals surface area (Å²) in [5.74, 6) is 0.848. The van der Waals surface area contributed by atoms with Crippen LogP contribution in [0.15, 0.2) is 53.7 Å². The molecule has 0 radical (unpaired) electrons. The van der Waals surface area contributed by atoms with E-state index in [0.717, 1.165) is 11.5 Å². The predicted octanol–water partition coefficient (Wildman–Crippen LogP) is 3.67. The maximum atomic E-state index is 12.2. The van der Waals surface area contributed by atoms with E-state index in [4.69, 9.17) is 0 Å². The molecule has 2 aromatic carbocycles. The third-order valence-corrected chi connectivity index (χ3v) is 5.36. The monoisotopic (exact) mass is 409 g/mol. The Bertz CT molecular complexity index is 997. The van der Waals surface area contributed by atoms with E-state index in [9.17, 15) is 9.59 Å². The highest BCUT2D eigenvalue weighted by Crippen LogP contribution is 2.18. The first kappa shape index (κ1) is 20.6. The Morgan fingerprint density at radius 2 is 1.66 bits per heavy atom. The lowest BCUT2D eigenvalue weighted by Gasteiger charge is -2.08. The molecule has 29 heavy (non-hydrogen) atoms. The van der Waals surface area contributed by atoms with E-state index < -0.39 is 0 Å². The topological polar surface area (TPSA) is 88.9 Å². The van der Waals surface area contributed by atoms with Gasteiger partial charge in [0.2, 0.25) is 5.91 Å². The van der Waals surface area contributed by atoms with Crippen molar-refractivity contribution in [1.82, 2.24) is 14.8 Å². The number of Topliss-reactive ketones (excluding diaryl/α,β-unsaturated/α-hetero) is 1. The van der Waals surface area contributed by atoms with Crippen LogP contribution in [0, 0.1) is 6.92 Å². The van der Waals surface area contributed by atoms with Crippen LogP contribution in [0.2, 0.25) is 0 Å². The van der Waals surface area contributed by atoms with Crippen molar-refractivity contribution in [1.29, 1.82) is 0 Å². The fourth-order valence-electron chi connectivity index (χ4n) is 2.59. The molecule has 0 fully saturated rings. The molecule has 150 valence electrons. The zero-order chi connectivity index (χ0) is 20.8. The lowest BCUT2D eigenvalue weighted by atomic mass is 10.1. The summed E-state index contributed by atoms with van der Waals surface area (Å²) >= 11 is 1.32. The Kier molecular flexibility index (Phi) is 6.66. The number of carbonyl (C=O) groups excluding carboxylic acids is 2. The Morgan fingerprint density at radius 3 is 2.31 bits per heavy atom. The molecular weight excluding hydrogens is 386 g/mol. The molecule has 0 unspecified atom stereocenters. The molecule has 0 spiro atoms. The number of nitrogens with zero attached hydrogens (tertiary/aromatic N) is 3. The van der Waals surface area contributed by atoms with Gasteiger partial charge in [0.15, 0.2) is 16.8 Å². The first-order chi connectivity index (χ1) is 13.9. The minimum atomic E-state index is -0.145. The molecule has 0 aliphatic carbocycles. The van der Waals surface area contributed by atoms with Crippen LogP contribution >= 0.6 is 11.8 Å². The van der Waals surface area contributed by atoms with Gasteiger partial charge in [0, 0.05) is 24.0 Å². The summed E-state index contributed by atoms with van der Waals surface area (Å²) in [4.78, 5) is 23.5. The van der Waals surface area contributed by atoms with Gasteiger partial charge in [-0.2, -0.15) is 0 Å². The Labute approximate surface area is 173 Å². The van der Waals surface area contributed by atoms with Crippen molar-refractivity contribution < 1.29 is 9.59 Å². The number of benzene rings is 2. The van der Waals surface area contributed by atoms with Crippen LogP contribution in [0.4, 0.5) is 11.4 Å². The van der Waals surface area contributed by atoms with E-state index in [1.165, 1.54) is 24.2 Å². The lowest BCUT2D eigenvalue weighted by Crippen LogP contribution is -2.14. The molecule has 0 bridgehead atoms. The number of anilines is 2. The maximum absolute atomic E-state index is 12.2. The summed E-state index contributed by atoms with van der Waals surface area (Å²) in [6.07, 6.45) is 0. The fraction of sp³-hybridized carbons (Fsp3) is 0.238. The minimum absolute atomic E-state index is 0.00612. The molecule has 3 rings (SSSR count). The molecule has 8 heteroatoms. The molecule has 0 saturated carbocycles. The van der Waals surface area contributed by atoms with E-state index in [1.54, 1.807) is 24.3 Å². The van der Waals surface area contributed by atoms with Crippen LogP contribution < -0.4 is 10.6 Å². The second-order valence-corrected chi connectivity index (χ2v) is 7.59. The van der Waals surface area contributed by atoms with Gasteiger partial charge in [-0.25, -0.2) is 0 Å². The number of carbonyl (C=O) groups is 2. The molecule has 2 N–H and O–H groups in total. The SMILES string of the molecule is CC(=O)c1ccc(NC(=O)CSc2nnc(CNc3ccc(C)cc3)n2C)cc1. The predicted molar refractivity (Wildman–Crippen MR) is 115 cm³/mol. The number of ketones is 1. The first-order valence-electron chi connectivity index (χ1n) is 9.15. The number of nitrogens with one attached hydrogen (secondary N) is 2. The van der Waals surface area contributed by atoms with Gasteiger partial charge in [0.05, 0.1) is 12.3 Å². The molecule has 0 atom stereocenters. The first-order valence-corrected chi connectivity index (χ1v) is 10.1. The van der Waals surface area contributed by atoms with E-state index in [1.807, 2.05) is 42.8 Å². The van der Waals surface area contributed by atoms with E-state index in [0.29, 0.717) is 23.0 Å². The molecule has 7 nitrogen and oxygen atoms in total. The summed E-state index contributed by atoms with van der Waals surface area (Å²) in [5.41, 5.74) is 3.49. The molecule has 1 amide bonds.